The van der Waals surface area contributed by atoms with Crippen molar-refractivity contribution in [1.29, 1.82) is 0 Å². The third kappa shape index (κ3) is 3.06. The van der Waals surface area contributed by atoms with Crippen molar-refractivity contribution in [2.24, 2.45) is 5.41 Å². The summed E-state index contributed by atoms with van der Waals surface area (Å²) in [5.74, 6) is -0.326. The highest BCUT2D eigenvalue weighted by Crippen LogP contribution is 2.44. The summed E-state index contributed by atoms with van der Waals surface area (Å²) in [5.41, 5.74) is 7.01. The van der Waals surface area contributed by atoms with E-state index in [0.29, 0.717) is 22.6 Å². The molecule has 1 aromatic rings. The number of rotatable bonds is 6. The van der Waals surface area contributed by atoms with Gasteiger partial charge in [-0.3, -0.25) is 0 Å². The second-order valence-electron chi connectivity index (χ2n) is 5.45. The number of thioether (sulfide) groups is 1. The van der Waals surface area contributed by atoms with Crippen LogP contribution in [-0.2, 0) is 4.74 Å². The molecule has 1 aliphatic carbocycles. The Hall–Kier alpha value is -0.880. The predicted molar refractivity (Wildman–Crippen MR) is 86.9 cm³/mol. The fraction of sp³-hybridized carbons (Fsp3) is 0.643. The normalized spacial score (nSPS) is 16.6. The summed E-state index contributed by atoms with van der Waals surface area (Å²) >= 11 is 2.97. The van der Waals surface area contributed by atoms with Gasteiger partial charge in [-0.15, -0.1) is 23.1 Å². The number of hydrogen-bond donors (Lipinski definition) is 2. The van der Waals surface area contributed by atoms with E-state index < -0.39 is 0 Å². The molecule has 1 aliphatic rings. The molecule has 1 saturated carbocycles. The first-order chi connectivity index (χ1) is 9.50. The molecule has 1 heterocycles. The smallest absolute Gasteiger partial charge is 0.350 e. The van der Waals surface area contributed by atoms with Crippen LogP contribution < -0.4 is 11.1 Å². The molecule has 1 aromatic heterocycles. The Kier molecular flexibility index (Phi) is 4.86. The zero-order chi connectivity index (χ0) is 14.8. The number of nitrogens with one attached hydrogen (secondary N) is 1. The summed E-state index contributed by atoms with van der Waals surface area (Å²) < 4.78 is 5.05. The standard InChI is InChI=1S/C14H22N2O2S2/c1-4-18-13(17)11-9(15)10(19-3)12(20-11)16-8-14(2)6-5-7-14/h16H,4-8,15H2,1-3H3. The van der Waals surface area contributed by atoms with E-state index in [9.17, 15) is 4.79 Å². The molecule has 0 aliphatic heterocycles. The summed E-state index contributed by atoms with van der Waals surface area (Å²) in [4.78, 5) is 13.4. The summed E-state index contributed by atoms with van der Waals surface area (Å²) in [6.07, 6.45) is 5.82. The Morgan fingerprint density at radius 2 is 2.25 bits per heavy atom. The lowest BCUT2D eigenvalue weighted by atomic mass is 9.70. The second-order valence-corrected chi connectivity index (χ2v) is 7.28. The molecular weight excluding hydrogens is 292 g/mol. The molecule has 0 saturated heterocycles. The van der Waals surface area contributed by atoms with Crippen LogP contribution in [0.2, 0.25) is 0 Å². The van der Waals surface area contributed by atoms with Gasteiger partial charge in [0, 0.05) is 6.54 Å². The first-order valence-corrected chi connectivity index (χ1v) is 8.92. The highest BCUT2D eigenvalue weighted by Gasteiger charge is 2.32. The fourth-order valence-corrected chi connectivity index (χ4v) is 4.27. The van der Waals surface area contributed by atoms with Crippen molar-refractivity contribution in [3.05, 3.63) is 4.88 Å². The van der Waals surface area contributed by atoms with E-state index >= 15 is 0 Å². The number of esters is 1. The fourth-order valence-electron chi connectivity index (χ4n) is 2.35. The molecule has 2 rings (SSSR count). The molecule has 3 N–H and O–H groups in total. The SMILES string of the molecule is CCOC(=O)c1sc(NCC2(C)CCC2)c(SC)c1N. The molecule has 0 unspecified atom stereocenters. The molecule has 0 spiro atoms. The average Bonchev–Trinajstić information content (AvgIpc) is 2.71. The van der Waals surface area contributed by atoms with Crippen molar-refractivity contribution >= 4 is 39.8 Å². The van der Waals surface area contributed by atoms with Gasteiger partial charge in [0.1, 0.15) is 9.88 Å². The van der Waals surface area contributed by atoms with Gasteiger partial charge in [-0.1, -0.05) is 13.3 Å². The summed E-state index contributed by atoms with van der Waals surface area (Å²) in [5, 5.41) is 4.47. The lowest BCUT2D eigenvalue weighted by Crippen LogP contribution is -2.33. The number of ether oxygens (including phenoxy) is 1. The van der Waals surface area contributed by atoms with Gasteiger partial charge >= 0.3 is 5.97 Å². The molecule has 6 heteroatoms. The first kappa shape index (κ1) is 15.5. The molecule has 112 valence electrons. The molecule has 1 fully saturated rings. The van der Waals surface area contributed by atoms with Crippen molar-refractivity contribution in [3.63, 3.8) is 0 Å². The maximum absolute atomic E-state index is 11.9. The van der Waals surface area contributed by atoms with Crippen molar-refractivity contribution in [3.8, 4) is 0 Å². The Balaban J connectivity index is 2.15. The van der Waals surface area contributed by atoms with Gasteiger partial charge in [-0.05, 0) is 31.4 Å². The number of carbonyl (C=O) groups excluding carboxylic acids is 1. The molecule has 0 atom stereocenters. The van der Waals surface area contributed by atoms with Gasteiger partial charge < -0.3 is 15.8 Å². The maximum Gasteiger partial charge on any atom is 0.350 e. The van der Waals surface area contributed by atoms with E-state index in [1.54, 1.807) is 18.7 Å². The zero-order valence-electron chi connectivity index (χ0n) is 12.2. The van der Waals surface area contributed by atoms with Crippen LogP contribution >= 0.6 is 23.1 Å². The summed E-state index contributed by atoms with van der Waals surface area (Å²) in [7, 11) is 0. The van der Waals surface area contributed by atoms with Gasteiger partial charge in [-0.25, -0.2) is 4.79 Å². The van der Waals surface area contributed by atoms with Crippen LogP contribution in [0.15, 0.2) is 4.90 Å². The predicted octanol–water partition coefficient (Wildman–Crippen LogP) is 3.83. The second kappa shape index (κ2) is 6.26. The first-order valence-electron chi connectivity index (χ1n) is 6.88. The molecule has 4 nitrogen and oxygen atoms in total. The van der Waals surface area contributed by atoms with Crippen molar-refractivity contribution in [1.82, 2.24) is 0 Å². The largest absolute Gasteiger partial charge is 0.462 e. The van der Waals surface area contributed by atoms with E-state index in [1.165, 1.54) is 30.6 Å². The summed E-state index contributed by atoms with van der Waals surface area (Å²) in [6, 6.07) is 0. The van der Waals surface area contributed by atoms with Crippen LogP contribution in [-0.4, -0.2) is 25.4 Å². The van der Waals surface area contributed by atoms with Gasteiger partial charge in [0.25, 0.3) is 0 Å². The van der Waals surface area contributed by atoms with Gasteiger partial charge in [0.2, 0.25) is 0 Å². The van der Waals surface area contributed by atoms with E-state index in [1.807, 2.05) is 6.26 Å². The van der Waals surface area contributed by atoms with Crippen LogP contribution in [0.5, 0.6) is 0 Å². The van der Waals surface area contributed by atoms with E-state index in [0.717, 1.165) is 16.4 Å². The van der Waals surface area contributed by atoms with Crippen LogP contribution in [0.1, 0.15) is 42.8 Å². The summed E-state index contributed by atoms with van der Waals surface area (Å²) in [6.45, 7) is 5.40. The van der Waals surface area contributed by atoms with Crippen LogP contribution in [0.4, 0.5) is 10.7 Å². The monoisotopic (exact) mass is 314 g/mol. The number of thiophene rings is 1. The third-order valence-corrected chi connectivity index (χ3v) is 5.91. The minimum Gasteiger partial charge on any atom is -0.462 e. The Morgan fingerprint density at radius 1 is 1.55 bits per heavy atom. The number of carbonyl (C=O) groups is 1. The molecule has 0 bridgehead atoms. The Bertz CT molecular complexity index is 496. The number of anilines is 2. The topological polar surface area (TPSA) is 64.3 Å². The van der Waals surface area contributed by atoms with Gasteiger partial charge in [0.05, 0.1) is 17.2 Å². The minimum absolute atomic E-state index is 0.326. The molecular formula is C14H22N2O2S2. The molecule has 0 radical (unpaired) electrons. The Labute approximate surface area is 128 Å². The molecule has 20 heavy (non-hydrogen) atoms. The van der Waals surface area contributed by atoms with Crippen LogP contribution in [0.3, 0.4) is 0 Å². The number of nitrogens with two attached hydrogens (primary N) is 1. The van der Waals surface area contributed by atoms with Gasteiger partial charge in [-0.2, -0.15) is 0 Å². The molecule has 0 aromatic carbocycles. The van der Waals surface area contributed by atoms with Crippen LogP contribution in [0, 0.1) is 5.41 Å². The number of nitrogen functional groups attached to an aromatic ring is 1. The zero-order valence-corrected chi connectivity index (χ0v) is 13.9. The third-order valence-electron chi connectivity index (χ3n) is 3.80. The molecule has 0 amide bonds. The minimum atomic E-state index is -0.326. The van der Waals surface area contributed by atoms with E-state index in [4.69, 9.17) is 10.5 Å². The highest BCUT2D eigenvalue weighted by atomic mass is 32.2. The van der Waals surface area contributed by atoms with E-state index in [2.05, 4.69) is 12.2 Å². The lowest BCUT2D eigenvalue weighted by molar-refractivity contribution is 0.0533. The van der Waals surface area contributed by atoms with Crippen LogP contribution in [0.25, 0.3) is 0 Å². The van der Waals surface area contributed by atoms with Crippen molar-refractivity contribution in [2.75, 3.05) is 30.5 Å². The van der Waals surface area contributed by atoms with E-state index in [-0.39, 0.29) is 5.97 Å². The highest BCUT2D eigenvalue weighted by molar-refractivity contribution is 7.99. The Morgan fingerprint density at radius 3 is 2.75 bits per heavy atom. The average molecular weight is 314 g/mol. The maximum atomic E-state index is 11.9. The van der Waals surface area contributed by atoms with Crippen molar-refractivity contribution in [2.45, 2.75) is 38.0 Å². The van der Waals surface area contributed by atoms with Crippen molar-refractivity contribution < 1.29 is 9.53 Å². The lowest BCUT2D eigenvalue weighted by Gasteiger charge is -2.38. The van der Waals surface area contributed by atoms with Gasteiger partial charge in [0.15, 0.2) is 0 Å². The quantitative estimate of drug-likeness (QED) is 0.617. The number of hydrogen-bond acceptors (Lipinski definition) is 6.